The Morgan fingerprint density at radius 1 is 1.35 bits per heavy atom. The van der Waals surface area contributed by atoms with E-state index in [9.17, 15) is 9.65 Å². The molecule has 0 fully saturated rings. The Balaban J connectivity index is 2.68. The molecule has 2 nitrogen and oxygen atoms in total. The zero-order valence-electron chi connectivity index (χ0n) is 10.6. The fourth-order valence-corrected chi connectivity index (χ4v) is 1.58. The van der Waals surface area contributed by atoms with Gasteiger partial charge in [0.25, 0.3) is 0 Å². The van der Waals surface area contributed by atoms with Gasteiger partial charge in [-0.1, -0.05) is 13.8 Å². The molecule has 1 atom stereocenters. The summed E-state index contributed by atoms with van der Waals surface area (Å²) in [6, 6.07) is 8.38. The summed E-state index contributed by atoms with van der Waals surface area (Å²) in [5, 5.41) is 12.4. The van der Waals surface area contributed by atoms with Crippen molar-refractivity contribution in [1.82, 2.24) is 0 Å². The van der Waals surface area contributed by atoms with Gasteiger partial charge in [0.2, 0.25) is 0 Å². The molecule has 0 aromatic heterocycles. The maximum atomic E-state index is 12.8. The summed E-state index contributed by atoms with van der Waals surface area (Å²) >= 11 is 0. The van der Waals surface area contributed by atoms with Crippen LogP contribution in [0.4, 0.5) is 10.1 Å². The van der Waals surface area contributed by atoms with Crippen LogP contribution in [-0.4, -0.2) is 5.54 Å². The van der Waals surface area contributed by atoms with Crippen LogP contribution in [0.1, 0.15) is 33.6 Å². The fraction of sp³-hybridized carbons (Fsp3) is 0.500. The van der Waals surface area contributed by atoms with Crippen molar-refractivity contribution in [3.63, 3.8) is 0 Å². The number of nitrogens with zero attached hydrogens (tertiary/aromatic N) is 1. The Bertz CT molecular complexity index is 392. The number of benzene rings is 1. The maximum Gasteiger partial charge on any atom is 0.123 e. The molecule has 0 radical (unpaired) electrons. The number of rotatable bonds is 5. The van der Waals surface area contributed by atoms with Crippen LogP contribution in [0.15, 0.2) is 24.3 Å². The maximum absolute atomic E-state index is 12.8. The van der Waals surface area contributed by atoms with Gasteiger partial charge in [-0.2, -0.15) is 5.26 Å². The molecule has 17 heavy (non-hydrogen) atoms. The molecule has 0 bridgehead atoms. The van der Waals surface area contributed by atoms with Crippen LogP contribution in [0.3, 0.4) is 0 Å². The predicted molar refractivity (Wildman–Crippen MR) is 68.1 cm³/mol. The third-order valence-corrected chi connectivity index (χ3v) is 2.73. The standard InChI is InChI=1S/C14H19FN2/c1-11(2)8-9-14(3,10-16)17-13-6-4-12(15)5-7-13/h4-7,11,17H,8-9H2,1-3H3. The van der Waals surface area contributed by atoms with Crippen molar-refractivity contribution >= 4 is 5.69 Å². The third-order valence-electron chi connectivity index (χ3n) is 2.73. The lowest BCUT2D eigenvalue weighted by atomic mass is 9.93. The highest BCUT2D eigenvalue weighted by Gasteiger charge is 2.23. The van der Waals surface area contributed by atoms with Gasteiger partial charge in [0.1, 0.15) is 11.4 Å². The Kier molecular flexibility index (Phi) is 4.51. The molecule has 0 aliphatic heterocycles. The van der Waals surface area contributed by atoms with Gasteiger partial charge in [-0.15, -0.1) is 0 Å². The first kappa shape index (κ1) is 13.5. The largest absolute Gasteiger partial charge is 0.368 e. The monoisotopic (exact) mass is 234 g/mol. The molecule has 1 rings (SSSR count). The first-order valence-electron chi connectivity index (χ1n) is 5.90. The molecular formula is C14H19FN2. The fourth-order valence-electron chi connectivity index (χ4n) is 1.58. The smallest absolute Gasteiger partial charge is 0.123 e. The molecule has 3 heteroatoms. The van der Waals surface area contributed by atoms with Gasteiger partial charge in [0.15, 0.2) is 0 Å². The summed E-state index contributed by atoms with van der Waals surface area (Å²) in [4.78, 5) is 0. The molecule has 0 aliphatic rings. The van der Waals surface area contributed by atoms with E-state index in [2.05, 4.69) is 25.2 Å². The number of hydrogen-bond donors (Lipinski definition) is 1. The van der Waals surface area contributed by atoms with Crippen LogP contribution in [0.25, 0.3) is 0 Å². The summed E-state index contributed by atoms with van der Waals surface area (Å²) in [5.74, 6) is 0.300. The second kappa shape index (κ2) is 5.67. The van der Waals surface area contributed by atoms with Gasteiger partial charge in [0.05, 0.1) is 6.07 Å². The van der Waals surface area contributed by atoms with E-state index in [1.807, 2.05) is 6.92 Å². The molecule has 0 saturated carbocycles. The quantitative estimate of drug-likeness (QED) is 0.837. The number of halogens is 1. The number of nitriles is 1. The zero-order chi connectivity index (χ0) is 12.9. The first-order chi connectivity index (χ1) is 7.95. The summed E-state index contributed by atoms with van der Waals surface area (Å²) in [7, 11) is 0. The lowest BCUT2D eigenvalue weighted by Gasteiger charge is -2.25. The van der Waals surface area contributed by atoms with Gasteiger partial charge in [-0.25, -0.2) is 4.39 Å². The van der Waals surface area contributed by atoms with E-state index in [-0.39, 0.29) is 5.82 Å². The Hall–Kier alpha value is -1.56. The molecule has 92 valence electrons. The van der Waals surface area contributed by atoms with Crippen LogP contribution >= 0.6 is 0 Å². The highest BCUT2D eigenvalue weighted by atomic mass is 19.1. The van der Waals surface area contributed by atoms with Crippen molar-refractivity contribution in [2.24, 2.45) is 5.92 Å². The van der Waals surface area contributed by atoms with Crippen molar-refractivity contribution in [3.8, 4) is 6.07 Å². The lowest BCUT2D eigenvalue weighted by molar-refractivity contribution is 0.479. The molecule has 1 aromatic carbocycles. The number of hydrogen-bond acceptors (Lipinski definition) is 2. The SMILES string of the molecule is CC(C)CCC(C)(C#N)Nc1ccc(F)cc1. The molecule has 0 saturated heterocycles. The average Bonchev–Trinajstić information content (AvgIpc) is 2.30. The third kappa shape index (κ3) is 4.44. The molecule has 0 heterocycles. The van der Waals surface area contributed by atoms with Crippen LogP contribution < -0.4 is 5.32 Å². The second-order valence-corrected chi connectivity index (χ2v) is 5.01. The van der Waals surface area contributed by atoms with Gasteiger partial charge in [0, 0.05) is 5.69 Å². The summed E-state index contributed by atoms with van der Waals surface area (Å²) in [6.45, 7) is 6.14. The molecular weight excluding hydrogens is 215 g/mol. The Morgan fingerprint density at radius 2 is 1.94 bits per heavy atom. The highest BCUT2D eigenvalue weighted by Crippen LogP contribution is 2.21. The normalized spacial score (nSPS) is 14.1. The zero-order valence-corrected chi connectivity index (χ0v) is 10.6. The van der Waals surface area contributed by atoms with Crippen molar-refractivity contribution in [1.29, 1.82) is 5.26 Å². The van der Waals surface area contributed by atoms with Crippen molar-refractivity contribution < 1.29 is 4.39 Å². The minimum Gasteiger partial charge on any atom is -0.368 e. The van der Waals surface area contributed by atoms with Crippen LogP contribution in [-0.2, 0) is 0 Å². The number of nitrogens with one attached hydrogen (secondary N) is 1. The summed E-state index contributed by atoms with van der Waals surface area (Å²) in [5.41, 5.74) is 0.182. The minimum absolute atomic E-state index is 0.267. The molecule has 1 aromatic rings. The summed E-state index contributed by atoms with van der Waals surface area (Å²) < 4.78 is 12.8. The minimum atomic E-state index is -0.595. The average molecular weight is 234 g/mol. The van der Waals surface area contributed by atoms with E-state index in [0.717, 1.165) is 18.5 Å². The second-order valence-electron chi connectivity index (χ2n) is 5.01. The highest BCUT2D eigenvalue weighted by molar-refractivity contribution is 5.47. The molecule has 0 amide bonds. The van der Waals surface area contributed by atoms with E-state index in [4.69, 9.17) is 0 Å². The van der Waals surface area contributed by atoms with Crippen molar-refractivity contribution in [3.05, 3.63) is 30.1 Å². The first-order valence-corrected chi connectivity index (χ1v) is 5.90. The molecule has 0 aliphatic carbocycles. The van der Waals surface area contributed by atoms with E-state index >= 15 is 0 Å². The van der Waals surface area contributed by atoms with E-state index < -0.39 is 5.54 Å². The Morgan fingerprint density at radius 3 is 2.41 bits per heavy atom. The van der Waals surface area contributed by atoms with Gasteiger partial charge in [-0.05, 0) is 49.9 Å². The lowest BCUT2D eigenvalue weighted by Crippen LogP contribution is -2.33. The predicted octanol–water partition coefficient (Wildman–Crippen LogP) is 3.96. The summed E-state index contributed by atoms with van der Waals surface area (Å²) in [6.07, 6.45) is 1.76. The van der Waals surface area contributed by atoms with Gasteiger partial charge in [-0.3, -0.25) is 0 Å². The van der Waals surface area contributed by atoms with Gasteiger partial charge >= 0.3 is 0 Å². The van der Waals surface area contributed by atoms with Crippen LogP contribution in [0.2, 0.25) is 0 Å². The molecule has 0 spiro atoms. The molecule has 1 unspecified atom stereocenters. The van der Waals surface area contributed by atoms with E-state index in [1.165, 1.54) is 12.1 Å². The molecule has 1 N–H and O–H groups in total. The Labute approximate surface area is 102 Å². The van der Waals surface area contributed by atoms with Crippen LogP contribution in [0.5, 0.6) is 0 Å². The van der Waals surface area contributed by atoms with E-state index in [1.54, 1.807) is 12.1 Å². The van der Waals surface area contributed by atoms with E-state index in [0.29, 0.717) is 5.92 Å². The van der Waals surface area contributed by atoms with Crippen molar-refractivity contribution in [2.45, 2.75) is 39.2 Å². The number of anilines is 1. The topological polar surface area (TPSA) is 35.8 Å². The van der Waals surface area contributed by atoms with Gasteiger partial charge < -0.3 is 5.32 Å². The van der Waals surface area contributed by atoms with Crippen molar-refractivity contribution in [2.75, 3.05) is 5.32 Å². The van der Waals surface area contributed by atoms with Crippen LogP contribution in [0, 0.1) is 23.1 Å².